The molecule has 1 aliphatic rings. The van der Waals surface area contributed by atoms with Crippen molar-refractivity contribution >= 4 is 23.2 Å². The summed E-state index contributed by atoms with van der Waals surface area (Å²) in [5.41, 5.74) is 1.05. The van der Waals surface area contributed by atoms with Crippen LogP contribution >= 0.6 is 11.3 Å². The molecule has 2 atom stereocenters. The van der Waals surface area contributed by atoms with E-state index in [1.165, 1.54) is 24.1 Å². The van der Waals surface area contributed by atoms with Crippen LogP contribution in [-0.2, 0) is 20.7 Å². The molecule has 0 aliphatic carbocycles. The van der Waals surface area contributed by atoms with Crippen molar-refractivity contribution in [1.82, 2.24) is 9.80 Å². The van der Waals surface area contributed by atoms with Crippen LogP contribution in [0.3, 0.4) is 0 Å². The number of amides is 2. The molecule has 2 aromatic rings. The molecule has 0 spiro atoms. The number of carbonyl (C=O) groups excluding carboxylic acids is 2. The van der Waals surface area contributed by atoms with Gasteiger partial charge in [0.1, 0.15) is 31.3 Å². The van der Waals surface area contributed by atoms with Gasteiger partial charge in [0.05, 0.1) is 6.04 Å². The number of carbonyl (C=O) groups is 2. The van der Waals surface area contributed by atoms with Gasteiger partial charge < -0.3 is 19.3 Å². The Kier molecular flexibility index (Phi) is 8.03. The number of halogens is 1. The zero-order valence-corrected chi connectivity index (χ0v) is 19.0. The fraction of sp³-hybridized carbons (Fsp3) is 0.478. The normalized spacial score (nSPS) is 16.5. The number of ether oxygens (including phenoxy) is 2. The Morgan fingerprint density at radius 1 is 1.35 bits per heavy atom. The van der Waals surface area contributed by atoms with Crippen molar-refractivity contribution in [1.29, 1.82) is 0 Å². The third kappa shape index (κ3) is 5.62. The van der Waals surface area contributed by atoms with Crippen LogP contribution < -0.4 is 4.74 Å². The number of fused-ring (bicyclic) bond motifs is 1. The third-order valence-electron chi connectivity index (χ3n) is 5.64. The summed E-state index contributed by atoms with van der Waals surface area (Å²) in [6.45, 7) is 4.62. The molecule has 0 radical (unpaired) electrons. The van der Waals surface area contributed by atoms with Crippen molar-refractivity contribution < 1.29 is 23.5 Å². The molecule has 2 heterocycles. The quantitative estimate of drug-likeness (QED) is 0.587. The van der Waals surface area contributed by atoms with E-state index in [2.05, 4.69) is 0 Å². The number of methoxy groups -OCH3 is 1. The van der Waals surface area contributed by atoms with Crippen molar-refractivity contribution in [3.05, 3.63) is 52.0 Å². The Morgan fingerprint density at radius 3 is 2.87 bits per heavy atom. The summed E-state index contributed by atoms with van der Waals surface area (Å²) in [5, 5.41) is 2.02. The van der Waals surface area contributed by atoms with Crippen LogP contribution in [0.25, 0.3) is 0 Å². The van der Waals surface area contributed by atoms with Crippen molar-refractivity contribution in [2.24, 2.45) is 0 Å². The number of benzene rings is 1. The molecule has 3 rings (SSSR count). The van der Waals surface area contributed by atoms with E-state index in [-0.39, 0.29) is 49.5 Å². The number of nitrogens with zero attached hydrogens (tertiary/aromatic N) is 2. The van der Waals surface area contributed by atoms with Gasteiger partial charge >= 0.3 is 0 Å². The number of hydrogen-bond donors (Lipinski definition) is 0. The zero-order chi connectivity index (χ0) is 22.4. The molecule has 1 aliphatic heterocycles. The molecule has 8 heteroatoms. The van der Waals surface area contributed by atoms with E-state index in [0.29, 0.717) is 12.3 Å². The maximum absolute atomic E-state index is 13.5. The van der Waals surface area contributed by atoms with Crippen molar-refractivity contribution in [3.8, 4) is 5.75 Å². The zero-order valence-electron chi connectivity index (χ0n) is 18.2. The van der Waals surface area contributed by atoms with E-state index in [9.17, 15) is 14.0 Å². The summed E-state index contributed by atoms with van der Waals surface area (Å²) in [4.78, 5) is 30.4. The maximum atomic E-state index is 13.5. The standard InChI is InChI=1S/C23H29FN2O4S/c1-4-16(2)26(23(28)15-29-3)13-22(27)25-10-8-21-19(9-11-31-21)20(25)14-30-18-7-5-6-17(24)12-18/h5-7,9,11-12,16,20H,4,8,10,13-15H2,1-3H3/t16-,20+/m1/s1. The highest BCUT2D eigenvalue weighted by Gasteiger charge is 2.34. The molecule has 31 heavy (non-hydrogen) atoms. The Bertz CT molecular complexity index is 903. The topological polar surface area (TPSA) is 59.1 Å². The summed E-state index contributed by atoms with van der Waals surface area (Å²) in [6, 6.07) is 7.63. The highest BCUT2D eigenvalue weighted by Crippen LogP contribution is 2.34. The van der Waals surface area contributed by atoms with Crippen LogP contribution in [0.15, 0.2) is 35.7 Å². The van der Waals surface area contributed by atoms with E-state index in [0.717, 1.165) is 18.4 Å². The molecule has 0 fully saturated rings. The van der Waals surface area contributed by atoms with Gasteiger partial charge in [-0.3, -0.25) is 9.59 Å². The van der Waals surface area contributed by atoms with E-state index >= 15 is 0 Å². The van der Waals surface area contributed by atoms with Gasteiger partial charge in [-0.05, 0) is 48.9 Å². The first-order valence-electron chi connectivity index (χ1n) is 10.5. The lowest BCUT2D eigenvalue weighted by Gasteiger charge is -2.38. The molecule has 0 saturated heterocycles. The molecule has 0 unspecified atom stereocenters. The van der Waals surface area contributed by atoms with Gasteiger partial charge in [0.15, 0.2) is 0 Å². The monoisotopic (exact) mass is 448 g/mol. The summed E-state index contributed by atoms with van der Waals surface area (Å²) < 4.78 is 24.4. The molecule has 6 nitrogen and oxygen atoms in total. The number of rotatable bonds is 9. The lowest BCUT2D eigenvalue weighted by molar-refractivity contribution is -0.146. The van der Waals surface area contributed by atoms with Crippen LogP contribution in [0.4, 0.5) is 4.39 Å². The number of thiophene rings is 1. The second kappa shape index (κ2) is 10.7. The average Bonchev–Trinajstić information content (AvgIpc) is 3.24. The molecule has 0 saturated carbocycles. The van der Waals surface area contributed by atoms with Crippen LogP contribution in [0, 0.1) is 5.82 Å². The lowest BCUT2D eigenvalue weighted by atomic mass is 10.00. The minimum atomic E-state index is -0.369. The summed E-state index contributed by atoms with van der Waals surface area (Å²) in [6.07, 6.45) is 1.51. The molecule has 1 aromatic heterocycles. The van der Waals surface area contributed by atoms with Gasteiger partial charge in [-0.1, -0.05) is 13.0 Å². The van der Waals surface area contributed by atoms with Crippen LogP contribution in [0.2, 0.25) is 0 Å². The smallest absolute Gasteiger partial charge is 0.249 e. The fourth-order valence-electron chi connectivity index (χ4n) is 3.76. The molecule has 1 aromatic carbocycles. The van der Waals surface area contributed by atoms with Crippen molar-refractivity contribution in [2.45, 2.75) is 38.8 Å². The highest BCUT2D eigenvalue weighted by molar-refractivity contribution is 7.10. The second-order valence-corrected chi connectivity index (χ2v) is 8.63. The summed E-state index contributed by atoms with van der Waals surface area (Å²) in [5.74, 6) is -0.280. The van der Waals surface area contributed by atoms with Gasteiger partial charge in [0.25, 0.3) is 0 Å². The van der Waals surface area contributed by atoms with Crippen LogP contribution in [-0.4, -0.2) is 61.1 Å². The maximum Gasteiger partial charge on any atom is 0.249 e. The Hall–Kier alpha value is -2.45. The Labute approximate surface area is 186 Å². The predicted octanol–water partition coefficient (Wildman–Crippen LogP) is 3.67. The first-order chi connectivity index (χ1) is 14.9. The molecule has 2 amide bonds. The molecule has 0 N–H and O–H groups in total. The highest BCUT2D eigenvalue weighted by atomic mass is 32.1. The first-order valence-corrected chi connectivity index (χ1v) is 11.3. The summed E-state index contributed by atoms with van der Waals surface area (Å²) in [7, 11) is 1.47. The third-order valence-corrected chi connectivity index (χ3v) is 6.63. The number of hydrogen-bond acceptors (Lipinski definition) is 5. The first kappa shape index (κ1) is 23.2. The summed E-state index contributed by atoms with van der Waals surface area (Å²) >= 11 is 1.67. The molecular weight excluding hydrogens is 419 g/mol. The van der Waals surface area contributed by atoms with Gasteiger partial charge in [-0.25, -0.2) is 4.39 Å². The minimum absolute atomic E-state index is 0.00681. The van der Waals surface area contributed by atoms with Gasteiger partial charge in [0.2, 0.25) is 11.8 Å². The van der Waals surface area contributed by atoms with Crippen molar-refractivity contribution in [3.63, 3.8) is 0 Å². The SMILES string of the molecule is CC[C@@H](C)N(CC(=O)N1CCc2sccc2[C@@H]1COc1cccc(F)c1)C(=O)COC. The molecule has 168 valence electrons. The van der Waals surface area contributed by atoms with Gasteiger partial charge in [-0.2, -0.15) is 0 Å². The van der Waals surface area contributed by atoms with Crippen LogP contribution in [0.1, 0.15) is 36.8 Å². The fourth-order valence-corrected chi connectivity index (χ4v) is 4.69. The van der Waals surface area contributed by atoms with E-state index < -0.39 is 0 Å². The minimum Gasteiger partial charge on any atom is -0.491 e. The Balaban J connectivity index is 1.78. The lowest BCUT2D eigenvalue weighted by Crippen LogP contribution is -2.50. The van der Waals surface area contributed by atoms with Crippen molar-refractivity contribution in [2.75, 3.05) is 33.4 Å². The van der Waals surface area contributed by atoms with Gasteiger partial charge in [-0.15, -0.1) is 11.3 Å². The Morgan fingerprint density at radius 2 is 2.16 bits per heavy atom. The van der Waals surface area contributed by atoms with Crippen LogP contribution in [0.5, 0.6) is 5.75 Å². The molecule has 0 bridgehead atoms. The second-order valence-electron chi connectivity index (χ2n) is 7.63. The van der Waals surface area contributed by atoms with E-state index in [1.54, 1.807) is 33.3 Å². The van der Waals surface area contributed by atoms with E-state index in [1.807, 2.05) is 25.3 Å². The largest absolute Gasteiger partial charge is 0.491 e. The predicted molar refractivity (Wildman–Crippen MR) is 118 cm³/mol. The van der Waals surface area contributed by atoms with E-state index in [4.69, 9.17) is 9.47 Å². The van der Waals surface area contributed by atoms with Gasteiger partial charge in [0, 0.05) is 30.6 Å². The molecular formula is C23H29FN2O4S. The average molecular weight is 449 g/mol.